The van der Waals surface area contributed by atoms with Gasteiger partial charge in [0.15, 0.2) is 0 Å². The fourth-order valence-corrected chi connectivity index (χ4v) is 2.67. The minimum atomic E-state index is -0.236. The quantitative estimate of drug-likeness (QED) is 0.795. The van der Waals surface area contributed by atoms with Gasteiger partial charge in [0, 0.05) is 11.7 Å². The highest BCUT2D eigenvalue weighted by Crippen LogP contribution is 2.45. The van der Waals surface area contributed by atoms with Gasteiger partial charge in [0.1, 0.15) is 0 Å². The standard InChI is InChI=1S/C16H21NO2/c1-2-19-16(18)13-4-3-5-14(10-13)17-15(11-6-7-11)12-8-9-12/h3-5,10-12,15,17H,2,6-9H2,1H3. The number of rotatable bonds is 6. The normalized spacial score (nSPS) is 18.4. The molecule has 0 saturated heterocycles. The molecule has 0 radical (unpaired) electrons. The van der Waals surface area contributed by atoms with Gasteiger partial charge in [-0.15, -0.1) is 0 Å². The van der Waals surface area contributed by atoms with E-state index in [0.717, 1.165) is 17.5 Å². The molecule has 0 unspecified atom stereocenters. The number of hydrogen-bond donors (Lipinski definition) is 1. The second kappa shape index (κ2) is 5.24. The summed E-state index contributed by atoms with van der Waals surface area (Å²) in [4.78, 5) is 11.7. The Hall–Kier alpha value is -1.51. The van der Waals surface area contributed by atoms with Crippen molar-refractivity contribution < 1.29 is 9.53 Å². The van der Waals surface area contributed by atoms with Crippen LogP contribution in [0.5, 0.6) is 0 Å². The number of esters is 1. The lowest BCUT2D eigenvalue weighted by atomic mass is 10.1. The zero-order valence-corrected chi connectivity index (χ0v) is 11.4. The molecule has 0 heterocycles. The SMILES string of the molecule is CCOC(=O)c1cccc(NC(C2CC2)C2CC2)c1. The summed E-state index contributed by atoms with van der Waals surface area (Å²) >= 11 is 0. The Morgan fingerprint density at radius 3 is 2.58 bits per heavy atom. The molecule has 0 bridgehead atoms. The van der Waals surface area contributed by atoms with Gasteiger partial charge in [-0.25, -0.2) is 4.79 Å². The zero-order valence-electron chi connectivity index (χ0n) is 11.4. The average Bonchev–Trinajstić information content (AvgIpc) is 3.30. The third-order valence-corrected chi connectivity index (χ3v) is 3.97. The molecule has 1 N–H and O–H groups in total. The first-order valence-corrected chi connectivity index (χ1v) is 7.31. The van der Waals surface area contributed by atoms with E-state index in [1.165, 1.54) is 25.7 Å². The van der Waals surface area contributed by atoms with Crippen LogP contribution in [0.25, 0.3) is 0 Å². The molecule has 102 valence electrons. The van der Waals surface area contributed by atoms with Crippen LogP contribution in [0.1, 0.15) is 43.0 Å². The van der Waals surface area contributed by atoms with Crippen molar-refractivity contribution in [1.29, 1.82) is 0 Å². The Bertz CT molecular complexity index is 452. The van der Waals surface area contributed by atoms with Gasteiger partial charge in [0.05, 0.1) is 12.2 Å². The predicted molar refractivity (Wildman–Crippen MR) is 75.3 cm³/mol. The van der Waals surface area contributed by atoms with Crippen LogP contribution < -0.4 is 5.32 Å². The molecule has 3 heteroatoms. The summed E-state index contributed by atoms with van der Waals surface area (Å²) in [6.45, 7) is 2.25. The summed E-state index contributed by atoms with van der Waals surface area (Å²) in [7, 11) is 0. The lowest BCUT2D eigenvalue weighted by molar-refractivity contribution is 0.0526. The smallest absolute Gasteiger partial charge is 0.338 e. The maximum atomic E-state index is 11.7. The van der Waals surface area contributed by atoms with Crippen molar-refractivity contribution in [2.45, 2.75) is 38.6 Å². The molecular weight excluding hydrogens is 238 g/mol. The molecule has 2 aliphatic carbocycles. The fraction of sp³-hybridized carbons (Fsp3) is 0.562. The Morgan fingerprint density at radius 1 is 1.32 bits per heavy atom. The summed E-state index contributed by atoms with van der Waals surface area (Å²) in [5.74, 6) is 1.46. The summed E-state index contributed by atoms with van der Waals surface area (Å²) in [6.07, 6.45) is 5.41. The second-order valence-electron chi connectivity index (χ2n) is 5.65. The number of carbonyl (C=O) groups excluding carboxylic acids is 1. The maximum absolute atomic E-state index is 11.7. The molecule has 0 atom stereocenters. The maximum Gasteiger partial charge on any atom is 0.338 e. The van der Waals surface area contributed by atoms with Crippen LogP contribution in [0, 0.1) is 11.8 Å². The van der Waals surface area contributed by atoms with E-state index in [4.69, 9.17) is 4.74 Å². The molecular formula is C16H21NO2. The van der Waals surface area contributed by atoms with Crippen LogP contribution in [0.2, 0.25) is 0 Å². The minimum absolute atomic E-state index is 0.236. The highest BCUT2D eigenvalue weighted by molar-refractivity contribution is 5.90. The van der Waals surface area contributed by atoms with Gasteiger partial charge in [-0.2, -0.15) is 0 Å². The number of carbonyl (C=O) groups is 1. The molecule has 3 rings (SSSR count). The topological polar surface area (TPSA) is 38.3 Å². The molecule has 19 heavy (non-hydrogen) atoms. The molecule has 0 spiro atoms. The first kappa shape index (κ1) is 12.5. The van der Waals surface area contributed by atoms with Gasteiger partial charge in [-0.3, -0.25) is 0 Å². The second-order valence-corrected chi connectivity index (χ2v) is 5.65. The van der Waals surface area contributed by atoms with E-state index in [0.29, 0.717) is 18.2 Å². The van der Waals surface area contributed by atoms with Crippen molar-refractivity contribution in [3.8, 4) is 0 Å². The number of hydrogen-bond acceptors (Lipinski definition) is 3. The Morgan fingerprint density at radius 2 is 2.00 bits per heavy atom. The molecule has 0 aliphatic heterocycles. The van der Waals surface area contributed by atoms with Crippen molar-refractivity contribution in [1.82, 2.24) is 0 Å². The van der Waals surface area contributed by atoms with E-state index in [2.05, 4.69) is 5.32 Å². The molecule has 0 aromatic heterocycles. The lowest BCUT2D eigenvalue weighted by Gasteiger charge is -2.19. The first-order chi connectivity index (χ1) is 9.28. The molecule has 1 aromatic carbocycles. The van der Waals surface area contributed by atoms with Crippen molar-refractivity contribution in [3.63, 3.8) is 0 Å². The highest BCUT2D eigenvalue weighted by atomic mass is 16.5. The number of ether oxygens (including phenoxy) is 1. The molecule has 1 aromatic rings. The first-order valence-electron chi connectivity index (χ1n) is 7.31. The molecule has 2 saturated carbocycles. The van der Waals surface area contributed by atoms with Gasteiger partial charge in [-0.1, -0.05) is 6.07 Å². The van der Waals surface area contributed by atoms with Gasteiger partial charge in [0.25, 0.3) is 0 Å². The number of nitrogens with one attached hydrogen (secondary N) is 1. The van der Waals surface area contributed by atoms with E-state index in [-0.39, 0.29) is 5.97 Å². The number of benzene rings is 1. The summed E-state index contributed by atoms with van der Waals surface area (Å²) in [5, 5.41) is 3.63. The van der Waals surface area contributed by atoms with E-state index in [1.54, 1.807) is 0 Å². The summed E-state index contributed by atoms with van der Waals surface area (Å²) in [5.41, 5.74) is 1.69. The van der Waals surface area contributed by atoms with Gasteiger partial charge in [0.2, 0.25) is 0 Å². The van der Waals surface area contributed by atoms with Gasteiger partial charge in [-0.05, 0) is 62.6 Å². The lowest BCUT2D eigenvalue weighted by Crippen LogP contribution is -2.24. The third-order valence-electron chi connectivity index (χ3n) is 3.97. The van der Waals surface area contributed by atoms with Crippen LogP contribution in [0.3, 0.4) is 0 Å². The van der Waals surface area contributed by atoms with Gasteiger partial charge >= 0.3 is 5.97 Å². The van der Waals surface area contributed by atoms with Crippen molar-refractivity contribution in [2.24, 2.45) is 11.8 Å². The summed E-state index contributed by atoms with van der Waals surface area (Å²) in [6, 6.07) is 8.30. The van der Waals surface area contributed by atoms with Crippen molar-refractivity contribution in [2.75, 3.05) is 11.9 Å². The van der Waals surface area contributed by atoms with Gasteiger partial charge < -0.3 is 10.1 Å². The van der Waals surface area contributed by atoms with Crippen LogP contribution in [-0.4, -0.2) is 18.6 Å². The van der Waals surface area contributed by atoms with Crippen LogP contribution in [0.15, 0.2) is 24.3 Å². The molecule has 2 aliphatic rings. The Balaban J connectivity index is 1.69. The van der Waals surface area contributed by atoms with Crippen LogP contribution in [-0.2, 0) is 4.74 Å². The predicted octanol–water partition coefficient (Wildman–Crippen LogP) is 3.46. The molecule has 0 amide bonds. The largest absolute Gasteiger partial charge is 0.462 e. The average molecular weight is 259 g/mol. The summed E-state index contributed by atoms with van der Waals surface area (Å²) < 4.78 is 5.04. The Labute approximate surface area is 114 Å². The minimum Gasteiger partial charge on any atom is -0.462 e. The van der Waals surface area contributed by atoms with Crippen molar-refractivity contribution >= 4 is 11.7 Å². The van der Waals surface area contributed by atoms with Crippen LogP contribution >= 0.6 is 0 Å². The zero-order chi connectivity index (χ0) is 13.2. The van der Waals surface area contributed by atoms with Crippen molar-refractivity contribution in [3.05, 3.63) is 29.8 Å². The molecule has 2 fully saturated rings. The molecule has 3 nitrogen and oxygen atoms in total. The monoisotopic (exact) mass is 259 g/mol. The van der Waals surface area contributed by atoms with E-state index in [9.17, 15) is 4.79 Å². The fourth-order valence-electron chi connectivity index (χ4n) is 2.67. The highest BCUT2D eigenvalue weighted by Gasteiger charge is 2.41. The van der Waals surface area contributed by atoms with E-state index >= 15 is 0 Å². The van der Waals surface area contributed by atoms with Crippen LogP contribution in [0.4, 0.5) is 5.69 Å². The number of anilines is 1. The van der Waals surface area contributed by atoms with E-state index in [1.807, 2.05) is 31.2 Å². The Kier molecular flexibility index (Phi) is 3.45. The third kappa shape index (κ3) is 3.09. The van der Waals surface area contributed by atoms with E-state index < -0.39 is 0 Å².